The first-order valence-corrected chi connectivity index (χ1v) is 8.39. The van der Waals surface area contributed by atoms with E-state index in [0.29, 0.717) is 5.76 Å². The molecule has 4 rings (SSSR count). The van der Waals surface area contributed by atoms with E-state index < -0.39 is 0 Å². The molecular formula is C19H19N3O3. The molecule has 128 valence electrons. The van der Waals surface area contributed by atoms with Gasteiger partial charge in [-0.25, -0.2) is 4.98 Å². The Bertz CT molecular complexity index is 1030. The first-order chi connectivity index (χ1) is 12.1. The molecule has 1 aliphatic carbocycles. The van der Waals surface area contributed by atoms with Crippen molar-refractivity contribution < 1.29 is 9.21 Å². The summed E-state index contributed by atoms with van der Waals surface area (Å²) in [5.41, 5.74) is 2.63. The maximum Gasteiger partial charge on any atom is 0.265 e. The summed E-state index contributed by atoms with van der Waals surface area (Å²) in [4.78, 5) is 29.5. The van der Waals surface area contributed by atoms with Crippen molar-refractivity contribution in [3.8, 4) is 0 Å². The second-order valence-electron chi connectivity index (χ2n) is 6.49. The second kappa shape index (κ2) is 5.88. The number of nitrogens with one attached hydrogen (secondary N) is 1. The summed E-state index contributed by atoms with van der Waals surface area (Å²) in [6.07, 6.45) is 4.33. The highest BCUT2D eigenvalue weighted by Gasteiger charge is 2.26. The molecule has 3 aromatic rings. The number of hydrogen-bond acceptors (Lipinski definition) is 4. The molecule has 25 heavy (non-hydrogen) atoms. The number of carbonyl (C=O) groups is 1. The third-order valence-corrected chi connectivity index (χ3v) is 4.85. The summed E-state index contributed by atoms with van der Waals surface area (Å²) < 4.78 is 6.88. The summed E-state index contributed by atoms with van der Waals surface area (Å²) in [6.45, 7) is 1.69. The van der Waals surface area contributed by atoms with Crippen LogP contribution in [0, 0.1) is 6.92 Å². The van der Waals surface area contributed by atoms with Gasteiger partial charge in [0, 0.05) is 7.05 Å². The molecule has 6 nitrogen and oxygen atoms in total. The van der Waals surface area contributed by atoms with Crippen LogP contribution >= 0.6 is 0 Å². The average Bonchev–Trinajstić information content (AvgIpc) is 2.95. The molecule has 6 heteroatoms. The van der Waals surface area contributed by atoms with Crippen LogP contribution in [0.5, 0.6) is 0 Å². The van der Waals surface area contributed by atoms with Gasteiger partial charge in [0.05, 0.1) is 11.6 Å². The summed E-state index contributed by atoms with van der Waals surface area (Å²) in [5.74, 6) is 0.121. The number of fused-ring (bicyclic) bond motifs is 2. The number of carbonyl (C=O) groups excluding carboxylic acids is 1. The van der Waals surface area contributed by atoms with Crippen molar-refractivity contribution in [3.05, 3.63) is 63.4 Å². The van der Waals surface area contributed by atoms with Gasteiger partial charge in [-0.05, 0) is 37.3 Å². The Morgan fingerprint density at radius 2 is 2.16 bits per heavy atom. The minimum Gasteiger partial charge on any atom is -0.442 e. The second-order valence-corrected chi connectivity index (χ2v) is 6.49. The zero-order chi connectivity index (χ0) is 17.6. The Balaban J connectivity index is 1.74. The van der Waals surface area contributed by atoms with Crippen molar-refractivity contribution >= 4 is 17.0 Å². The fourth-order valence-corrected chi connectivity index (χ4v) is 3.59. The summed E-state index contributed by atoms with van der Waals surface area (Å²) in [6, 6.07) is 8.11. The lowest BCUT2D eigenvalue weighted by molar-refractivity contribution is 0.0932. The molecule has 1 aromatic carbocycles. The lowest BCUT2D eigenvalue weighted by atomic mass is 9.87. The molecule has 0 unspecified atom stereocenters. The SMILES string of the molecule is Cc1oc2ncn(C)c(=O)c2c1C(=O)N[C@@H]1CCCc2ccccc21. The molecular weight excluding hydrogens is 318 g/mol. The van der Waals surface area contributed by atoms with Crippen LogP contribution in [0.25, 0.3) is 11.1 Å². The molecule has 1 atom stereocenters. The van der Waals surface area contributed by atoms with Gasteiger partial charge in [0.15, 0.2) is 0 Å². The zero-order valence-corrected chi connectivity index (χ0v) is 14.2. The highest BCUT2D eigenvalue weighted by Crippen LogP contribution is 2.30. The highest BCUT2D eigenvalue weighted by atomic mass is 16.3. The van der Waals surface area contributed by atoms with E-state index >= 15 is 0 Å². The maximum absolute atomic E-state index is 12.9. The van der Waals surface area contributed by atoms with Gasteiger partial charge in [-0.3, -0.25) is 9.59 Å². The number of furan rings is 1. The van der Waals surface area contributed by atoms with Crippen molar-refractivity contribution in [2.75, 3.05) is 0 Å². The Kier molecular flexibility index (Phi) is 3.67. The number of rotatable bonds is 2. The molecule has 0 radical (unpaired) electrons. The van der Waals surface area contributed by atoms with Crippen molar-refractivity contribution in [2.45, 2.75) is 32.2 Å². The predicted octanol–water partition coefficient (Wildman–Crippen LogP) is 2.64. The largest absolute Gasteiger partial charge is 0.442 e. The fraction of sp³-hybridized carbons (Fsp3) is 0.316. The molecule has 0 saturated heterocycles. The normalized spacial score (nSPS) is 16.6. The van der Waals surface area contributed by atoms with Crippen LogP contribution in [0.2, 0.25) is 0 Å². The van der Waals surface area contributed by atoms with Gasteiger partial charge in [0.25, 0.3) is 11.5 Å². The van der Waals surface area contributed by atoms with Crippen LogP contribution in [0.1, 0.15) is 46.1 Å². The number of amides is 1. The van der Waals surface area contributed by atoms with Gasteiger partial charge in [0.2, 0.25) is 5.71 Å². The summed E-state index contributed by atoms with van der Waals surface area (Å²) in [7, 11) is 1.61. The van der Waals surface area contributed by atoms with Crippen LogP contribution in [0.15, 0.2) is 39.8 Å². The maximum atomic E-state index is 12.9. The third kappa shape index (κ3) is 2.54. The summed E-state index contributed by atoms with van der Waals surface area (Å²) in [5, 5.41) is 3.32. The molecule has 0 aliphatic heterocycles. The molecule has 0 saturated carbocycles. The smallest absolute Gasteiger partial charge is 0.265 e. The van der Waals surface area contributed by atoms with E-state index in [1.165, 1.54) is 16.5 Å². The molecule has 1 amide bonds. The Morgan fingerprint density at radius 1 is 1.36 bits per heavy atom. The monoisotopic (exact) mass is 337 g/mol. The first-order valence-electron chi connectivity index (χ1n) is 8.39. The van der Waals surface area contributed by atoms with Crippen LogP contribution in [-0.4, -0.2) is 15.5 Å². The van der Waals surface area contributed by atoms with Crippen LogP contribution in [-0.2, 0) is 13.5 Å². The van der Waals surface area contributed by atoms with E-state index in [1.54, 1.807) is 14.0 Å². The van der Waals surface area contributed by atoms with Gasteiger partial charge in [-0.15, -0.1) is 0 Å². The minimum atomic E-state index is -0.289. The van der Waals surface area contributed by atoms with Gasteiger partial charge in [-0.2, -0.15) is 0 Å². The summed E-state index contributed by atoms with van der Waals surface area (Å²) >= 11 is 0. The van der Waals surface area contributed by atoms with Gasteiger partial charge in [0.1, 0.15) is 17.5 Å². The standard InChI is InChI=1S/C19H19N3O3/c1-11-15(16-18(25-11)20-10-22(2)19(16)24)17(23)21-14-9-5-7-12-6-3-4-8-13(12)14/h3-4,6,8,10,14H,5,7,9H2,1-2H3,(H,21,23)/t14-/m1/s1. The molecule has 1 N–H and O–H groups in total. The number of hydrogen-bond donors (Lipinski definition) is 1. The number of aromatic nitrogens is 2. The first kappa shape index (κ1) is 15.6. The zero-order valence-electron chi connectivity index (χ0n) is 14.2. The van der Waals surface area contributed by atoms with E-state index in [4.69, 9.17) is 4.42 Å². The molecule has 0 fully saturated rings. The van der Waals surface area contributed by atoms with Gasteiger partial charge < -0.3 is 14.3 Å². The topological polar surface area (TPSA) is 77.1 Å². The molecule has 0 bridgehead atoms. The predicted molar refractivity (Wildman–Crippen MR) is 93.6 cm³/mol. The number of benzene rings is 1. The Labute approximate surface area is 144 Å². The van der Waals surface area contributed by atoms with Crippen LogP contribution < -0.4 is 10.9 Å². The molecule has 0 spiro atoms. The third-order valence-electron chi connectivity index (χ3n) is 4.85. The quantitative estimate of drug-likeness (QED) is 0.780. The highest BCUT2D eigenvalue weighted by molar-refractivity contribution is 6.06. The van der Waals surface area contributed by atoms with E-state index in [1.807, 2.05) is 12.1 Å². The van der Waals surface area contributed by atoms with Gasteiger partial charge >= 0.3 is 0 Å². The van der Waals surface area contributed by atoms with Crippen molar-refractivity contribution in [1.82, 2.24) is 14.9 Å². The van der Waals surface area contributed by atoms with Crippen LogP contribution in [0.3, 0.4) is 0 Å². The van der Waals surface area contributed by atoms with Gasteiger partial charge in [-0.1, -0.05) is 24.3 Å². The number of nitrogens with zero attached hydrogens (tertiary/aromatic N) is 2. The van der Waals surface area contributed by atoms with Crippen molar-refractivity contribution in [2.24, 2.45) is 7.05 Å². The number of aryl methyl sites for hydroxylation is 3. The van der Waals surface area contributed by atoms with Crippen molar-refractivity contribution in [3.63, 3.8) is 0 Å². The average molecular weight is 337 g/mol. The van der Waals surface area contributed by atoms with E-state index in [0.717, 1.165) is 24.8 Å². The molecule has 1 aliphatic rings. The Hall–Kier alpha value is -2.89. The lowest BCUT2D eigenvalue weighted by Crippen LogP contribution is -2.32. The Morgan fingerprint density at radius 3 is 3.00 bits per heavy atom. The fourth-order valence-electron chi connectivity index (χ4n) is 3.59. The minimum absolute atomic E-state index is 0.0534. The van der Waals surface area contributed by atoms with E-state index in [2.05, 4.69) is 22.4 Å². The van der Waals surface area contributed by atoms with Crippen molar-refractivity contribution in [1.29, 1.82) is 0 Å². The van der Waals surface area contributed by atoms with E-state index in [9.17, 15) is 9.59 Å². The van der Waals surface area contributed by atoms with Crippen LogP contribution in [0.4, 0.5) is 0 Å². The molecule has 2 heterocycles. The molecule has 2 aromatic heterocycles. The van der Waals surface area contributed by atoms with E-state index in [-0.39, 0.29) is 34.2 Å². The lowest BCUT2D eigenvalue weighted by Gasteiger charge is -2.26.